The fourth-order valence-electron chi connectivity index (χ4n) is 1.12. The number of amides is 1. The van der Waals surface area contributed by atoms with Gasteiger partial charge in [0, 0.05) is 5.38 Å². The number of nitrogens with one attached hydrogen (secondary N) is 1. The average Bonchev–Trinajstić information content (AvgIpc) is 2.75. The van der Waals surface area contributed by atoms with Gasteiger partial charge in [0.2, 0.25) is 0 Å². The van der Waals surface area contributed by atoms with Crippen LogP contribution in [0, 0.1) is 0 Å². The highest BCUT2D eigenvalue weighted by Crippen LogP contribution is 2.10. The van der Waals surface area contributed by atoms with Crippen LogP contribution in [0.4, 0.5) is 0 Å². The zero-order chi connectivity index (χ0) is 13.6. The molecular weight excluding hydrogens is 254 g/mol. The van der Waals surface area contributed by atoms with E-state index in [9.17, 15) is 4.79 Å². The molecule has 3 N–H and O–H groups in total. The highest BCUT2D eigenvalue weighted by molar-refractivity contribution is 7.11. The number of aromatic nitrogens is 1. The Bertz CT molecular complexity index is 387. The molecule has 0 aliphatic rings. The summed E-state index contributed by atoms with van der Waals surface area (Å²) in [6.07, 6.45) is 0. The number of hydrazine groups is 1. The van der Waals surface area contributed by atoms with Crippen molar-refractivity contribution in [1.29, 1.82) is 0 Å². The van der Waals surface area contributed by atoms with Gasteiger partial charge in [-0.25, -0.2) is 10.8 Å². The van der Waals surface area contributed by atoms with Crippen molar-refractivity contribution in [3.8, 4) is 0 Å². The van der Waals surface area contributed by atoms with Gasteiger partial charge in [-0.05, 0) is 20.8 Å². The van der Waals surface area contributed by atoms with Crippen molar-refractivity contribution < 1.29 is 14.3 Å². The number of rotatable bonds is 6. The summed E-state index contributed by atoms with van der Waals surface area (Å²) >= 11 is 1.24. The van der Waals surface area contributed by atoms with Crippen molar-refractivity contribution in [2.45, 2.75) is 33.0 Å². The second-order valence-electron chi connectivity index (χ2n) is 4.63. The minimum Gasteiger partial charge on any atom is -0.373 e. The van der Waals surface area contributed by atoms with E-state index < -0.39 is 0 Å². The molecular formula is C11H19N3O3S. The largest absolute Gasteiger partial charge is 0.373 e. The van der Waals surface area contributed by atoms with Crippen molar-refractivity contribution in [3.63, 3.8) is 0 Å². The van der Waals surface area contributed by atoms with Gasteiger partial charge < -0.3 is 9.47 Å². The number of thiazole rings is 1. The number of hydrogen-bond donors (Lipinski definition) is 2. The number of carbonyl (C=O) groups excluding carboxylic acids is 1. The highest BCUT2D eigenvalue weighted by Gasteiger charge is 2.10. The number of ether oxygens (including phenoxy) is 2. The molecule has 0 saturated carbocycles. The van der Waals surface area contributed by atoms with Crippen molar-refractivity contribution in [2.75, 3.05) is 13.2 Å². The Morgan fingerprint density at radius 2 is 2.22 bits per heavy atom. The standard InChI is InChI=1S/C11H19N3O3S/c1-11(2,3)17-5-4-16-6-8-7-18-10(13-8)9(15)14-12/h7H,4-6,12H2,1-3H3,(H,14,15). The molecule has 1 heterocycles. The number of carbonyl (C=O) groups is 1. The van der Waals surface area contributed by atoms with Crippen LogP contribution in [-0.4, -0.2) is 29.7 Å². The Morgan fingerprint density at radius 1 is 1.50 bits per heavy atom. The molecule has 1 aromatic rings. The Balaban J connectivity index is 2.24. The smallest absolute Gasteiger partial charge is 0.294 e. The molecule has 0 spiro atoms. The molecule has 0 unspecified atom stereocenters. The van der Waals surface area contributed by atoms with Crippen LogP contribution in [0.3, 0.4) is 0 Å². The fourth-order valence-corrected chi connectivity index (χ4v) is 1.83. The summed E-state index contributed by atoms with van der Waals surface area (Å²) in [5, 5.41) is 2.11. The first-order valence-corrected chi connectivity index (χ1v) is 6.47. The van der Waals surface area contributed by atoms with Gasteiger partial charge in [-0.3, -0.25) is 10.2 Å². The molecule has 0 radical (unpaired) electrons. The molecule has 0 aliphatic carbocycles. The molecule has 1 rings (SSSR count). The first-order valence-electron chi connectivity index (χ1n) is 5.59. The van der Waals surface area contributed by atoms with Crippen molar-refractivity contribution in [2.24, 2.45) is 5.84 Å². The zero-order valence-electron chi connectivity index (χ0n) is 10.9. The van der Waals surface area contributed by atoms with Crippen molar-refractivity contribution >= 4 is 17.2 Å². The van der Waals surface area contributed by atoms with Gasteiger partial charge in [0.15, 0.2) is 5.01 Å². The second kappa shape index (κ2) is 6.79. The Morgan fingerprint density at radius 3 is 2.83 bits per heavy atom. The van der Waals surface area contributed by atoms with Crippen LogP contribution in [0.15, 0.2) is 5.38 Å². The van der Waals surface area contributed by atoms with Crippen LogP contribution in [0.25, 0.3) is 0 Å². The summed E-state index contributed by atoms with van der Waals surface area (Å²) in [5.74, 6) is 4.63. The summed E-state index contributed by atoms with van der Waals surface area (Å²) in [7, 11) is 0. The van der Waals surface area contributed by atoms with Gasteiger partial charge in [-0.15, -0.1) is 11.3 Å². The minimum atomic E-state index is -0.387. The van der Waals surface area contributed by atoms with E-state index in [1.54, 1.807) is 5.38 Å². The molecule has 7 heteroatoms. The Labute approximate surface area is 110 Å². The number of nitrogens with two attached hydrogens (primary N) is 1. The molecule has 1 amide bonds. The predicted molar refractivity (Wildman–Crippen MR) is 69.1 cm³/mol. The van der Waals surface area contributed by atoms with E-state index in [2.05, 4.69) is 4.98 Å². The number of nitrogen functional groups attached to an aromatic ring is 1. The zero-order valence-corrected chi connectivity index (χ0v) is 11.7. The Kier molecular flexibility index (Phi) is 5.67. The maximum Gasteiger partial charge on any atom is 0.294 e. The fraction of sp³-hybridized carbons (Fsp3) is 0.636. The van der Waals surface area contributed by atoms with E-state index in [1.807, 2.05) is 26.2 Å². The van der Waals surface area contributed by atoms with Crippen LogP contribution in [0.5, 0.6) is 0 Å². The summed E-state index contributed by atoms with van der Waals surface area (Å²) in [6.45, 7) is 7.36. The molecule has 102 valence electrons. The maximum absolute atomic E-state index is 11.2. The van der Waals surface area contributed by atoms with E-state index in [4.69, 9.17) is 15.3 Å². The molecule has 0 atom stereocenters. The van der Waals surface area contributed by atoms with Gasteiger partial charge in [0.1, 0.15) is 0 Å². The third-order valence-corrected chi connectivity index (χ3v) is 2.78. The predicted octanol–water partition coefficient (Wildman–Crippen LogP) is 1.08. The van der Waals surface area contributed by atoms with E-state index in [1.165, 1.54) is 11.3 Å². The van der Waals surface area contributed by atoms with Gasteiger partial charge in [0.25, 0.3) is 5.91 Å². The van der Waals surface area contributed by atoms with Crippen LogP contribution in [0.2, 0.25) is 0 Å². The van der Waals surface area contributed by atoms with Gasteiger partial charge >= 0.3 is 0 Å². The van der Waals surface area contributed by atoms with Crippen LogP contribution in [-0.2, 0) is 16.1 Å². The molecule has 0 bridgehead atoms. The topological polar surface area (TPSA) is 86.5 Å². The van der Waals surface area contributed by atoms with Crippen molar-refractivity contribution in [1.82, 2.24) is 10.4 Å². The number of hydrogen-bond acceptors (Lipinski definition) is 6. The summed E-state index contributed by atoms with van der Waals surface area (Å²) < 4.78 is 10.9. The van der Waals surface area contributed by atoms with E-state index in [0.29, 0.717) is 30.5 Å². The van der Waals surface area contributed by atoms with E-state index in [-0.39, 0.29) is 11.5 Å². The lowest BCUT2D eigenvalue weighted by Crippen LogP contribution is -2.29. The van der Waals surface area contributed by atoms with Crippen molar-refractivity contribution in [3.05, 3.63) is 16.1 Å². The molecule has 0 aromatic carbocycles. The lowest BCUT2D eigenvalue weighted by molar-refractivity contribution is -0.0380. The first-order chi connectivity index (χ1) is 8.42. The SMILES string of the molecule is CC(C)(C)OCCOCc1csc(C(=O)NN)n1. The lowest BCUT2D eigenvalue weighted by atomic mass is 10.2. The third kappa shape index (κ3) is 5.54. The minimum absolute atomic E-state index is 0.156. The van der Waals surface area contributed by atoms with Gasteiger partial charge in [0.05, 0.1) is 31.1 Å². The average molecular weight is 273 g/mol. The van der Waals surface area contributed by atoms with Gasteiger partial charge in [-0.2, -0.15) is 0 Å². The van der Waals surface area contributed by atoms with Gasteiger partial charge in [-0.1, -0.05) is 0 Å². The third-order valence-electron chi connectivity index (χ3n) is 1.89. The van der Waals surface area contributed by atoms with Crippen LogP contribution < -0.4 is 11.3 Å². The lowest BCUT2D eigenvalue weighted by Gasteiger charge is -2.19. The summed E-state index contributed by atoms with van der Waals surface area (Å²) in [5.41, 5.74) is 2.60. The van der Waals surface area contributed by atoms with Crippen LogP contribution in [0.1, 0.15) is 36.3 Å². The van der Waals surface area contributed by atoms with Crippen LogP contribution >= 0.6 is 11.3 Å². The highest BCUT2D eigenvalue weighted by atomic mass is 32.1. The molecule has 0 fully saturated rings. The normalized spacial score (nSPS) is 11.6. The maximum atomic E-state index is 11.2. The quantitative estimate of drug-likeness (QED) is 0.350. The first kappa shape index (κ1) is 15.0. The van der Waals surface area contributed by atoms with E-state index >= 15 is 0 Å². The molecule has 18 heavy (non-hydrogen) atoms. The second-order valence-corrected chi connectivity index (χ2v) is 5.49. The molecule has 0 saturated heterocycles. The molecule has 6 nitrogen and oxygen atoms in total. The Hall–Kier alpha value is -1.02. The monoisotopic (exact) mass is 273 g/mol. The molecule has 1 aromatic heterocycles. The number of nitrogens with zero attached hydrogens (tertiary/aromatic N) is 1. The summed E-state index contributed by atoms with van der Waals surface area (Å²) in [4.78, 5) is 15.3. The molecule has 0 aliphatic heterocycles. The van der Waals surface area contributed by atoms with E-state index in [0.717, 1.165) is 0 Å². The summed E-state index contributed by atoms with van der Waals surface area (Å²) in [6, 6.07) is 0.